The number of carbonyl (C=O) groups excluding carboxylic acids is 1. The number of carbonyl (C=O) groups is 1. The smallest absolute Gasteiger partial charge is 0.245 e. The fourth-order valence-corrected chi connectivity index (χ4v) is 2.94. The molecule has 0 radical (unpaired) electrons. The quantitative estimate of drug-likeness (QED) is 0.765. The molecule has 2 unspecified atom stereocenters. The van der Waals surface area contributed by atoms with Crippen LogP contribution in [0.3, 0.4) is 0 Å². The molecule has 0 saturated carbocycles. The van der Waals surface area contributed by atoms with E-state index in [-0.39, 0.29) is 5.91 Å². The number of benzene rings is 1. The summed E-state index contributed by atoms with van der Waals surface area (Å²) in [6.45, 7) is 5.18. The minimum atomic E-state index is -0.550. The van der Waals surface area contributed by atoms with E-state index < -0.39 is 5.38 Å². The first kappa shape index (κ1) is 13.4. The third-order valence-corrected chi connectivity index (χ3v) is 4.10. The Hall–Kier alpha value is -1.02. The molecule has 1 saturated heterocycles. The third kappa shape index (κ3) is 2.69. The number of rotatable bonds is 3. The Balaban J connectivity index is 2.11. The van der Waals surface area contributed by atoms with Gasteiger partial charge in [0.2, 0.25) is 5.91 Å². The molecule has 2 nitrogen and oxygen atoms in total. The highest BCUT2D eigenvalue weighted by Gasteiger charge is 2.34. The van der Waals surface area contributed by atoms with Crippen LogP contribution in [0.2, 0.25) is 0 Å². The minimum absolute atomic E-state index is 0.0547. The Morgan fingerprint density at radius 1 is 1.33 bits per heavy atom. The molecular formula is C15H20ClNO. The van der Waals surface area contributed by atoms with Gasteiger partial charge in [0, 0.05) is 12.6 Å². The average molecular weight is 266 g/mol. The molecule has 0 aliphatic carbocycles. The predicted octanol–water partition coefficient (Wildman–Crippen LogP) is 3.61. The Bertz CT molecular complexity index is 404. The molecule has 3 heteroatoms. The molecule has 1 aliphatic heterocycles. The SMILES string of the molecule is CC(C)C1CCCN1C(=O)C(Cl)c1ccccc1. The zero-order valence-corrected chi connectivity index (χ0v) is 11.7. The van der Waals surface area contributed by atoms with Crippen LogP contribution >= 0.6 is 11.6 Å². The van der Waals surface area contributed by atoms with Crippen molar-refractivity contribution in [2.75, 3.05) is 6.54 Å². The lowest BCUT2D eigenvalue weighted by atomic mass is 10.0. The second kappa shape index (κ2) is 5.75. The maximum Gasteiger partial charge on any atom is 0.245 e. The van der Waals surface area contributed by atoms with Crippen LogP contribution in [-0.4, -0.2) is 23.4 Å². The van der Waals surface area contributed by atoms with E-state index in [0.717, 1.165) is 24.9 Å². The van der Waals surface area contributed by atoms with Crippen molar-refractivity contribution in [2.24, 2.45) is 5.92 Å². The maximum absolute atomic E-state index is 12.5. The predicted molar refractivity (Wildman–Crippen MR) is 74.6 cm³/mol. The number of alkyl halides is 1. The van der Waals surface area contributed by atoms with E-state index in [1.165, 1.54) is 0 Å². The highest BCUT2D eigenvalue weighted by molar-refractivity contribution is 6.30. The normalized spacial score (nSPS) is 21.3. The first-order valence-corrected chi connectivity index (χ1v) is 7.04. The molecule has 2 rings (SSSR count). The van der Waals surface area contributed by atoms with Crippen molar-refractivity contribution in [1.29, 1.82) is 0 Å². The topological polar surface area (TPSA) is 20.3 Å². The molecule has 1 amide bonds. The zero-order valence-electron chi connectivity index (χ0n) is 11.0. The number of hydrogen-bond donors (Lipinski definition) is 0. The van der Waals surface area contributed by atoms with Crippen molar-refractivity contribution in [1.82, 2.24) is 4.90 Å². The average Bonchev–Trinajstić information content (AvgIpc) is 2.87. The van der Waals surface area contributed by atoms with Crippen LogP contribution in [0.15, 0.2) is 30.3 Å². The van der Waals surface area contributed by atoms with Gasteiger partial charge in [0.15, 0.2) is 0 Å². The fraction of sp³-hybridized carbons (Fsp3) is 0.533. The number of hydrogen-bond acceptors (Lipinski definition) is 1. The maximum atomic E-state index is 12.5. The Morgan fingerprint density at radius 3 is 2.61 bits per heavy atom. The van der Waals surface area contributed by atoms with Crippen LogP contribution in [0.25, 0.3) is 0 Å². The molecule has 1 fully saturated rings. The minimum Gasteiger partial charge on any atom is -0.338 e. The zero-order chi connectivity index (χ0) is 13.1. The Kier molecular flexibility index (Phi) is 4.28. The summed E-state index contributed by atoms with van der Waals surface area (Å²) in [6, 6.07) is 9.95. The molecule has 2 atom stereocenters. The lowest BCUT2D eigenvalue weighted by molar-refractivity contribution is -0.132. The van der Waals surface area contributed by atoms with Gasteiger partial charge in [-0.2, -0.15) is 0 Å². The van der Waals surface area contributed by atoms with E-state index >= 15 is 0 Å². The van der Waals surface area contributed by atoms with E-state index in [2.05, 4.69) is 13.8 Å². The molecule has 0 N–H and O–H groups in total. The van der Waals surface area contributed by atoms with Crippen molar-refractivity contribution in [2.45, 2.75) is 38.1 Å². The summed E-state index contributed by atoms with van der Waals surface area (Å²) in [6.07, 6.45) is 2.19. The Morgan fingerprint density at radius 2 is 2.00 bits per heavy atom. The van der Waals surface area contributed by atoms with Gasteiger partial charge in [-0.1, -0.05) is 44.2 Å². The van der Waals surface area contributed by atoms with Crippen LogP contribution in [-0.2, 0) is 4.79 Å². The molecule has 1 aromatic carbocycles. The van der Waals surface area contributed by atoms with E-state index in [1.54, 1.807) is 0 Å². The third-order valence-electron chi connectivity index (χ3n) is 3.66. The molecular weight excluding hydrogens is 246 g/mol. The van der Waals surface area contributed by atoms with Crippen LogP contribution < -0.4 is 0 Å². The second-order valence-electron chi connectivity index (χ2n) is 5.26. The highest BCUT2D eigenvalue weighted by Crippen LogP contribution is 2.30. The van der Waals surface area contributed by atoms with Gasteiger partial charge < -0.3 is 4.90 Å². The summed E-state index contributed by atoms with van der Waals surface area (Å²) in [4.78, 5) is 14.4. The van der Waals surface area contributed by atoms with Crippen LogP contribution in [0, 0.1) is 5.92 Å². The molecule has 1 aromatic rings. The summed E-state index contributed by atoms with van der Waals surface area (Å²) in [5, 5.41) is -0.550. The highest BCUT2D eigenvalue weighted by atomic mass is 35.5. The van der Waals surface area contributed by atoms with Gasteiger partial charge in [-0.15, -0.1) is 11.6 Å². The summed E-state index contributed by atoms with van der Waals surface area (Å²) in [7, 11) is 0. The second-order valence-corrected chi connectivity index (χ2v) is 5.69. The molecule has 1 heterocycles. The van der Waals surface area contributed by atoms with Crippen LogP contribution in [0.1, 0.15) is 37.6 Å². The van der Waals surface area contributed by atoms with Gasteiger partial charge in [-0.05, 0) is 24.3 Å². The van der Waals surface area contributed by atoms with Gasteiger partial charge in [-0.25, -0.2) is 0 Å². The van der Waals surface area contributed by atoms with Crippen molar-refractivity contribution in [3.8, 4) is 0 Å². The summed E-state index contributed by atoms with van der Waals surface area (Å²) in [5.74, 6) is 0.551. The number of likely N-dealkylation sites (tertiary alicyclic amines) is 1. The van der Waals surface area contributed by atoms with E-state index in [9.17, 15) is 4.79 Å². The summed E-state index contributed by atoms with van der Waals surface area (Å²) >= 11 is 6.32. The summed E-state index contributed by atoms with van der Waals surface area (Å²) < 4.78 is 0. The fourth-order valence-electron chi connectivity index (χ4n) is 2.67. The first-order chi connectivity index (χ1) is 8.61. The molecule has 0 spiro atoms. The molecule has 0 bridgehead atoms. The lowest BCUT2D eigenvalue weighted by Crippen LogP contribution is -2.40. The first-order valence-electron chi connectivity index (χ1n) is 6.60. The molecule has 1 aliphatic rings. The van der Waals surface area contributed by atoms with Gasteiger partial charge >= 0.3 is 0 Å². The van der Waals surface area contributed by atoms with Crippen molar-refractivity contribution in [3.05, 3.63) is 35.9 Å². The van der Waals surface area contributed by atoms with E-state index in [0.29, 0.717) is 12.0 Å². The van der Waals surface area contributed by atoms with Crippen molar-refractivity contribution >= 4 is 17.5 Å². The number of amides is 1. The number of nitrogens with zero attached hydrogens (tertiary/aromatic N) is 1. The van der Waals surface area contributed by atoms with Crippen LogP contribution in [0.5, 0.6) is 0 Å². The van der Waals surface area contributed by atoms with Gasteiger partial charge in [0.05, 0.1) is 0 Å². The monoisotopic (exact) mass is 265 g/mol. The molecule has 0 aromatic heterocycles. The molecule has 98 valence electrons. The standard InChI is InChI=1S/C15H20ClNO/c1-11(2)13-9-6-10-17(13)15(18)14(16)12-7-4-3-5-8-12/h3-5,7-8,11,13-14H,6,9-10H2,1-2H3. The number of halogens is 1. The van der Waals surface area contributed by atoms with Gasteiger partial charge in [-0.3, -0.25) is 4.79 Å². The van der Waals surface area contributed by atoms with E-state index in [1.807, 2.05) is 35.2 Å². The van der Waals surface area contributed by atoms with Crippen LogP contribution in [0.4, 0.5) is 0 Å². The van der Waals surface area contributed by atoms with Crippen molar-refractivity contribution in [3.63, 3.8) is 0 Å². The summed E-state index contributed by atoms with van der Waals surface area (Å²) in [5.41, 5.74) is 0.888. The van der Waals surface area contributed by atoms with Gasteiger partial charge in [0.25, 0.3) is 0 Å². The van der Waals surface area contributed by atoms with Gasteiger partial charge in [0.1, 0.15) is 5.38 Å². The largest absolute Gasteiger partial charge is 0.338 e. The Labute approximate surface area is 114 Å². The lowest BCUT2D eigenvalue weighted by Gasteiger charge is -2.29. The van der Waals surface area contributed by atoms with Crippen molar-refractivity contribution < 1.29 is 4.79 Å². The molecule has 18 heavy (non-hydrogen) atoms. The van der Waals surface area contributed by atoms with E-state index in [4.69, 9.17) is 11.6 Å².